The maximum absolute atomic E-state index is 13.0. The lowest BCUT2D eigenvalue weighted by Crippen LogP contribution is -2.57. The van der Waals surface area contributed by atoms with Crippen LogP contribution in [0.25, 0.3) is 0 Å². The van der Waals surface area contributed by atoms with Crippen molar-refractivity contribution in [2.24, 2.45) is 0 Å². The first-order valence-electron chi connectivity index (χ1n) is 8.63. The standard InChI is InChI=1S/C17H22N4O5.ClH/c1-26-13-4-5-15(21(24)25)14(9-13)17(23)19-7-2-3-12(11-19)20-8-6-18-10-16(20)22;/h4-5,9,12,18H,2-3,6-8,10-11H2,1H3;1H. The summed E-state index contributed by atoms with van der Waals surface area (Å²) in [5.41, 5.74) is -0.224. The second-order valence-electron chi connectivity index (χ2n) is 6.45. The summed E-state index contributed by atoms with van der Waals surface area (Å²) in [6.45, 7) is 2.57. The van der Waals surface area contributed by atoms with Gasteiger partial charge in [-0.3, -0.25) is 19.7 Å². The molecule has 10 heteroatoms. The molecule has 2 aliphatic heterocycles. The summed E-state index contributed by atoms with van der Waals surface area (Å²) in [5.74, 6) is 0.0237. The van der Waals surface area contributed by atoms with Crippen LogP contribution in [-0.2, 0) is 4.79 Å². The fourth-order valence-corrected chi connectivity index (χ4v) is 3.54. The van der Waals surface area contributed by atoms with Crippen LogP contribution >= 0.6 is 12.4 Å². The zero-order valence-electron chi connectivity index (χ0n) is 15.1. The number of likely N-dealkylation sites (tertiary alicyclic amines) is 1. The fraction of sp³-hybridized carbons (Fsp3) is 0.529. The van der Waals surface area contributed by atoms with Gasteiger partial charge in [-0.15, -0.1) is 12.4 Å². The van der Waals surface area contributed by atoms with Crippen LogP contribution in [-0.4, -0.2) is 72.4 Å². The number of hydrogen-bond acceptors (Lipinski definition) is 6. The van der Waals surface area contributed by atoms with E-state index in [0.29, 0.717) is 31.9 Å². The first kappa shape index (κ1) is 20.9. The molecule has 2 amide bonds. The number of carbonyl (C=O) groups excluding carboxylic acids is 2. The zero-order chi connectivity index (χ0) is 18.7. The predicted molar refractivity (Wildman–Crippen MR) is 100 cm³/mol. The quantitative estimate of drug-likeness (QED) is 0.600. The molecule has 148 valence electrons. The monoisotopic (exact) mass is 398 g/mol. The molecule has 0 radical (unpaired) electrons. The van der Waals surface area contributed by atoms with Gasteiger partial charge in [-0.25, -0.2) is 0 Å². The Kier molecular flexibility index (Phi) is 6.98. The minimum absolute atomic E-state index is 0. The molecule has 1 aromatic rings. The summed E-state index contributed by atoms with van der Waals surface area (Å²) < 4.78 is 5.10. The first-order valence-corrected chi connectivity index (χ1v) is 8.63. The molecule has 0 aliphatic carbocycles. The lowest BCUT2D eigenvalue weighted by Gasteiger charge is -2.41. The molecule has 2 fully saturated rings. The van der Waals surface area contributed by atoms with Crippen LogP contribution in [0.1, 0.15) is 23.2 Å². The normalized spacial score (nSPS) is 20.0. The van der Waals surface area contributed by atoms with Crippen molar-refractivity contribution >= 4 is 29.9 Å². The Balaban J connectivity index is 0.00000261. The van der Waals surface area contributed by atoms with Crippen molar-refractivity contribution in [3.05, 3.63) is 33.9 Å². The molecule has 2 saturated heterocycles. The number of nitrogens with zero attached hydrogens (tertiary/aromatic N) is 3. The van der Waals surface area contributed by atoms with Crippen molar-refractivity contribution in [2.75, 3.05) is 39.8 Å². The Morgan fingerprint density at radius 1 is 1.37 bits per heavy atom. The third-order valence-corrected chi connectivity index (χ3v) is 4.88. The molecule has 3 rings (SSSR count). The van der Waals surface area contributed by atoms with Crippen LogP contribution in [0.4, 0.5) is 5.69 Å². The maximum Gasteiger partial charge on any atom is 0.282 e. The van der Waals surface area contributed by atoms with E-state index in [1.807, 2.05) is 4.90 Å². The highest BCUT2D eigenvalue weighted by atomic mass is 35.5. The fourth-order valence-electron chi connectivity index (χ4n) is 3.54. The minimum Gasteiger partial charge on any atom is -0.497 e. The van der Waals surface area contributed by atoms with Crippen molar-refractivity contribution in [3.8, 4) is 5.75 Å². The summed E-state index contributed by atoms with van der Waals surface area (Å²) in [5, 5.41) is 14.3. The van der Waals surface area contributed by atoms with Crippen molar-refractivity contribution in [2.45, 2.75) is 18.9 Å². The second kappa shape index (κ2) is 9.01. The molecule has 2 heterocycles. The van der Waals surface area contributed by atoms with Gasteiger partial charge in [0.05, 0.1) is 18.6 Å². The molecule has 0 aromatic heterocycles. The smallest absolute Gasteiger partial charge is 0.282 e. The van der Waals surface area contributed by atoms with Gasteiger partial charge in [-0.05, 0) is 25.0 Å². The van der Waals surface area contributed by atoms with Crippen molar-refractivity contribution in [1.29, 1.82) is 0 Å². The molecular formula is C17H23ClN4O5. The van der Waals surface area contributed by atoms with Gasteiger partial charge in [0.1, 0.15) is 11.3 Å². The van der Waals surface area contributed by atoms with Gasteiger partial charge < -0.3 is 19.9 Å². The zero-order valence-corrected chi connectivity index (χ0v) is 15.9. The van der Waals surface area contributed by atoms with E-state index >= 15 is 0 Å². The van der Waals surface area contributed by atoms with Gasteiger partial charge in [0.25, 0.3) is 11.6 Å². The third-order valence-electron chi connectivity index (χ3n) is 4.88. The Morgan fingerprint density at radius 2 is 2.15 bits per heavy atom. The molecule has 0 bridgehead atoms. The summed E-state index contributed by atoms with van der Waals surface area (Å²) in [6.07, 6.45) is 1.58. The van der Waals surface area contributed by atoms with Crippen LogP contribution in [0.2, 0.25) is 0 Å². The molecule has 27 heavy (non-hydrogen) atoms. The Labute approximate surface area is 163 Å². The number of hydrogen-bond donors (Lipinski definition) is 1. The van der Waals surface area contributed by atoms with E-state index in [-0.39, 0.29) is 35.6 Å². The molecule has 2 aliphatic rings. The number of piperazine rings is 1. The summed E-state index contributed by atoms with van der Waals surface area (Å²) in [4.78, 5) is 39.2. The summed E-state index contributed by atoms with van der Waals surface area (Å²) in [6, 6.07) is 4.10. The highest BCUT2D eigenvalue weighted by Crippen LogP contribution is 2.27. The molecule has 0 saturated carbocycles. The van der Waals surface area contributed by atoms with E-state index in [4.69, 9.17) is 4.74 Å². The molecule has 9 nitrogen and oxygen atoms in total. The van der Waals surface area contributed by atoms with Crippen LogP contribution in [0.3, 0.4) is 0 Å². The predicted octanol–water partition coefficient (Wildman–Crippen LogP) is 1.06. The number of amides is 2. The minimum atomic E-state index is -0.562. The van der Waals surface area contributed by atoms with Crippen LogP contribution < -0.4 is 10.1 Å². The van der Waals surface area contributed by atoms with E-state index in [2.05, 4.69) is 5.32 Å². The van der Waals surface area contributed by atoms with Gasteiger partial charge in [0.15, 0.2) is 0 Å². The number of nitro groups is 1. The SMILES string of the molecule is COc1ccc([N+](=O)[O-])c(C(=O)N2CCCC(N3CCNCC3=O)C2)c1.Cl. The van der Waals surface area contributed by atoms with Crippen molar-refractivity contribution in [1.82, 2.24) is 15.1 Å². The number of ether oxygens (including phenoxy) is 1. The topological polar surface area (TPSA) is 105 Å². The number of piperidine rings is 1. The third kappa shape index (κ3) is 4.48. The van der Waals surface area contributed by atoms with E-state index in [1.54, 1.807) is 4.90 Å². The lowest BCUT2D eigenvalue weighted by molar-refractivity contribution is -0.385. The molecule has 1 aromatic carbocycles. The average molecular weight is 399 g/mol. The van der Waals surface area contributed by atoms with Crippen LogP contribution in [0.15, 0.2) is 18.2 Å². The number of benzene rings is 1. The number of nitrogens with one attached hydrogen (secondary N) is 1. The lowest BCUT2D eigenvalue weighted by atomic mass is 10.0. The molecule has 1 atom stereocenters. The van der Waals surface area contributed by atoms with E-state index in [9.17, 15) is 19.7 Å². The largest absolute Gasteiger partial charge is 0.497 e. The highest BCUT2D eigenvalue weighted by Gasteiger charge is 2.33. The van der Waals surface area contributed by atoms with Gasteiger partial charge in [0.2, 0.25) is 5.91 Å². The Hall–Kier alpha value is -2.39. The van der Waals surface area contributed by atoms with Crippen molar-refractivity contribution < 1.29 is 19.2 Å². The summed E-state index contributed by atoms with van der Waals surface area (Å²) >= 11 is 0. The van der Waals surface area contributed by atoms with Gasteiger partial charge in [0, 0.05) is 38.3 Å². The average Bonchev–Trinajstić information content (AvgIpc) is 2.67. The highest BCUT2D eigenvalue weighted by molar-refractivity contribution is 5.98. The van der Waals surface area contributed by atoms with Crippen LogP contribution in [0.5, 0.6) is 5.75 Å². The number of nitro benzene ring substituents is 1. The van der Waals surface area contributed by atoms with Crippen molar-refractivity contribution in [3.63, 3.8) is 0 Å². The molecular weight excluding hydrogens is 376 g/mol. The number of methoxy groups -OCH3 is 1. The van der Waals surface area contributed by atoms with Gasteiger partial charge in [-0.1, -0.05) is 0 Å². The van der Waals surface area contributed by atoms with Gasteiger partial charge >= 0.3 is 0 Å². The number of carbonyl (C=O) groups is 2. The van der Waals surface area contributed by atoms with Gasteiger partial charge in [-0.2, -0.15) is 0 Å². The molecule has 1 unspecified atom stereocenters. The molecule has 1 N–H and O–H groups in total. The Morgan fingerprint density at radius 3 is 2.81 bits per heavy atom. The second-order valence-corrected chi connectivity index (χ2v) is 6.45. The number of halogens is 1. The van der Waals surface area contributed by atoms with E-state index < -0.39 is 10.8 Å². The van der Waals surface area contributed by atoms with E-state index in [1.165, 1.54) is 25.3 Å². The maximum atomic E-state index is 13.0. The van der Waals surface area contributed by atoms with E-state index in [0.717, 1.165) is 19.4 Å². The molecule has 0 spiro atoms. The van der Waals surface area contributed by atoms with Crippen LogP contribution in [0, 0.1) is 10.1 Å². The Bertz CT molecular complexity index is 729. The number of rotatable bonds is 4. The first-order chi connectivity index (χ1) is 12.5. The summed E-state index contributed by atoms with van der Waals surface area (Å²) in [7, 11) is 1.45.